The summed E-state index contributed by atoms with van der Waals surface area (Å²) < 4.78 is 2.87. The number of fused-ring (bicyclic) bond motifs is 2. The van der Waals surface area contributed by atoms with Crippen LogP contribution in [0.15, 0.2) is 65.5 Å². The molecular weight excluding hydrogens is 314 g/mol. The van der Waals surface area contributed by atoms with E-state index in [2.05, 4.69) is 68.4 Å². The third-order valence-corrected chi connectivity index (χ3v) is 3.75. The number of hydrogen-bond donors (Lipinski definition) is 0. The zero-order valence-corrected chi connectivity index (χ0v) is 12.1. The van der Waals surface area contributed by atoms with Crippen LogP contribution in [0.2, 0.25) is 0 Å². The Morgan fingerprint density at radius 1 is 0.950 bits per heavy atom. The molecule has 96 valence electrons. The summed E-state index contributed by atoms with van der Waals surface area (Å²) in [5, 5.41) is 2.42. The van der Waals surface area contributed by atoms with Crippen LogP contribution in [0.5, 0.6) is 0 Å². The second kappa shape index (κ2) is 4.42. The van der Waals surface area contributed by atoms with Gasteiger partial charge in [0.2, 0.25) is 5.78 Å². The quantitative estimate of drug-likeness (QED) is 0.522. The number of halogens is 1. The van der Waals surface area contributed by atoms with Crippen molar-refractivity contribution < 1.29 is 0 Å². The molecule has 0 atom stereocenters. The van der Waals surface area contributed by atoms with Gasteiger partial charge >= 0.3 is 0 Å². The first-order valence-corrected chi connectivity index (χ1v) is 7.09. The van der Waals surface area contributed by atoms with E-state index in [4.69, 9.17) is 0 Å². The smallest absolute Gasteiger partial charge is 0.234 e. The molecule has 0 spiro atoms. The molecular formula is C16H10BrN3. The lowest BCUT2D eigenvalue weighted by Gasteiger charge is -2.02. The Morgan fingerprint density at radius 3 is 2.75 bits per heavy atom. The second-order valence-electron chi connectivity index (χ2n) is 4.63. The maximum atomic E-state index is 4.61. The van der Waals surface area contributed by atoms with Crippen molar-refractivity contribution in [1.29, 1.82) is 0 Å². The Balaban J connectivity index is 2.01. The van der Waals surface area contributed by atoms with Gasteiger partial charge in [-0.25, -0.2) is 9.97 Å². The Morgan fingerprint density at radius 2 is 1.80 bits per heavy atom. The first-order chi connectivity index (χ1) is 9.81. The minimum atomic E-state index is 0.705. The molecule has 2 aromatic carbocycles. The number of imidazole rings is 1. The molecule has 0 aliphatic carbocycles. The van der Waals surface area contributed by atoms with Crippen LogP contribution in [0.3, 0.4) is 0 Å². The minimum Gasteiger partial charge on any atom is -0.289 e. The van der Waals surface area contributed by atoms with Gasteiger partial charge in [0.05, 0.1) is 10.2 Å². The van der Waals surface area contributed by atoms with Crippen LogP contribution in [0.1, 0.15) is 0 Å². The Kier molecular flexibility index (Phi) is 2.57. The van der Waals surface area contributed by atoms with E-state index in [1.807, 2.05) is 16.8 Å². The van der Waals surface area contributed by atoms with Gasteiger partial charge in [0.15, 0.2) is 0 Å². The van der Waals surface area contributed by atoms with E-state index >= 15 is 0 Å². The highest BCUT2D eigenvalue weighted by Crippen LogP contribution is 2.28. The van der Waals surface area contributed by atoms with Crippen LogP contribution in [0.25, 0.3) is 27.8 Å². The van der Waals surface area contributed by atoms with Gasteiger partial charge in [-0.1, -0.05) is 42.5 Å². The van der Waals surface area contributed by atoms with Gasteiger partial charge in [-0.05, 0) is 26.7 Å². The second-order valence-corrected chi connectivity index (χ2v) is 5.55. The monoisotopic (exact) mass is 323 g/mol. The van der Waals surface area contributed by atoms with Crippen molar-refractivity contribution in [3.63, 3.8) is 0 Å². The molecule has 3 nitrogen and oxygen atoms in total. The largest absolute Gasteiger partial charge is 0.289 e. The van der Waals surface area contributed by atoms with Crippen molar-refractivity contribution in [2.75, 3.05) is 0 Å². The first-order valence-electron chi connectivity index (χ1n) is 6.30. The van der Waals surface area contributed by atoms with Crippen molar-refractivity contribution >= 4 is 32.5 Å². The zero-order chi connectivity index (χ0) is 13.5. The van der Waals surface area contributed by atoms with Crippen molar-refractivity contribution in [2.24, 2.45) is 0 Å². The van der Waals surface area contributed by atoms with E-state index in [1.54, 1.807) is 6.20 Å². The summed E-state index contributed by atoms with van der Waals surface area (Å²) in [5.74, 6) is 0.705. The molecule has 0 aliphatic rings. The van der Waals surface area contributed by atoms with E-state index in [9.17, 15) is 0 Å². The van der Waals surface area contributed by atoms with Gasteiger partial charge in [-0.3, -0.25) is 4.40 Å². The van der Waals surface area contributed by atoms with E-state index < -0.39 is 0 Å². The summed E-state index contributed by atoms with van der Waals surface area (Å²) in [6.45, 7) is 0. The van der Waals surface area contributed by atoms with Crippen molar-refractivity contribution in [2.45, 2.75) is 0 Å². The lowest BCUT2D eigenvalue weighted by atomic mass is 10.0. The number of nitrogens with zero attached hydrogens (tertiary/aromatic N) is 3. The summed E-state index contributed by atoms with van der Waals surface area (Å²) in [7, 11) is 0. The third kappa shape index (κ3) is 1.80. The van der Waals surface area contributed by atoms with Crippen LogP contribution in [-0.2, 0) is 0 Å². The molecule has 0 bridgehead atoms. The Bertz CT molecular complexity index is 922. The maximum Gasteiger partial charge on any atom is 0.234 e. The average molecular weight is 324 g/mol. The molecule has 0 amide bonds. The van der Waals surface area contributed by atoms with Gasteiger partial charge in [0.1, 0.15) is 0 Å². The van der Waals surface area contributed by atoms with Crippen molar-refractivity contribution in [3.8, 4) is 11.3 Å². The first kappa shape index (κ1) is 11.6. The number of rotatable bonds is 1. The molecule has 0 unspecified atom stereocenters. The van der Waals surface area contributed by atoms with Crippen LogP contribution in [-0.4, -0.2) is 14.4 Å². The number of benzene rings is 2. The third-order valence-electron chi connectivity index (χ3n) is 3.34. The summed E-state index contributed by atoms with van der Waals surface area (Å²) in [4.78, 5) is 8.92. The van der Waals surface area contributed by atoms with Crippen LogP contribution < -0.4 is 0 Å². The van der Waals surface area contributed by atoms with Gasteiger partial charge < -0.3 is 0 Å². The van der Waals surface area contributed by atoms with E-state index in [0.29, 0.717) is 5.78 Å². The number of aromatic nitrogens is 3. The molecule has 0 fully saturated rings. The zero-order valence-electron chi connectivity index (χ0n) is 10.5. The molecule has 0 radical (unpaired) electrons. The Hall–Kier alpha value is -2.20. The van der Waals surface area contributed by atoms with Gasteiger partial charge in [0.25, 0.3) is 0 Å². The highest BCUT2D eigenvalue weighted by molar-refractivity contribution is 9.10. The van der Waals surface area contributed by atoms with Crippen LogP contribution >= 0.6 is 15.9 Å². The predicted molar refractivity (Wildman–Crippen MR) is 83.6 cm³/mol. The fourth-order valence-electron chi connectivity index (χ4n) is 2.44. The molecule has 4 rings (SSSR count). The van der Waals surface area contributed by atoms with Gasteiger partial charge in [-0.2, -0.15) is 0 Å². The molecule has 4 aromatic rings. The highest BCUT2D eigenvalue weighted by Gasteiger charge is 2.08. The van der Waals surface area contributed by atoms with Gasteiger partial charge in [0, 0.05) is 24.2 Å². The molecule has 0 aliphatic heterocycles. The molecule has 0 saturated carbocycles. The number of hydrogen-bond acceptors (Lipinski definition) is 2. The van der Waals surface area contributed by atoms with Crippen molar-refractivity contribution in [1.82, 2.24) is 14.4 Å². The normalized spacial score (nSPS) is 11.2. The molecule has 2 aromatic heterocycles. The highest BCUT2D eigenvalue weighted by atomic mass is 79.9. The topological polar surface area (TPSA) is 30.2 Å². The maximum absolute atomic E-state index is 4.61. The summed E-state index contributed by atoms with van der Waals surface area (Å²) in [6.07, 6.45) is 5.73. The van der Waals surface area contributed by atoms with E-state index in [0.717, 1.165) is 15.7 Å². The minimum absolute atomic E-state index is 0.705. The summed E-state index contributed by atoms with van der Waals surface area (Å²) in [6, 6.07) is 14.6. The lowest BCUT2D eigenvalue weighted by molar-refractivity contribution is 1.10. The van der Waals surface area contributed by atoms with Gasteiger partial charge in [-0.15, -0.1) is 0 Å². The average Bonchev–Trinajstić information content (AvgIpc) is 2.89. The van der Waals surface area contributed by atoms with E-state index in [-0.39, 0.29) is 0 Å². The summed E-state index contributed by atoms with van der Waals surface area (Å²) in [5.41, 5.74) is 2.07. The van der Waals surface area contributed by atoms with E-state index in [1.165, 1.54) is 10.8 Å². The van der Waals surface area contributed by atoms with Crippen molar-refractivity contribution in [3.05, 3.63) is 65.5 Å². The molecule has 20 heavy (non-hydrogen) atoms. The lowest BCUT2D eigenvalue weighted by Crippen LogP contribution is -1.85. The fourth-order valence-corrected chi connectivity index (χ4v) is 2.76. The molecule has 0 N–H and O–H groups in total. The van der Waals surface area contributed by atoms with Crippen LogP contribution in [0, 0.1) is 0 Å². The Labute approximate surface area is 124 Å². The molecule has 4 heteroatoms. The molecule has 2 heterocycles. The standard InChI is InChI=1S/C16H10BrN3/c17-12-8-18-16-19-15(10-20(16)9-12)14-7-3-5-11-4-1-2-6-13(11)14/h1-10H. The summed E-state index contributed by atoms with van der Waals surface area (Å²) >= 11 is 3.43. The SMILES string of the molecule is Brc1cnc2nc(-c3cccc4ccccc34)cn2c1. The molecule has 0 saturated heterocycles. The fraction of sp³-hybridized carbons (Fsp3) is 0. The predicted octanol–water partition coefficient (Wildman–Crippen LogP) is 4.31. The van der Waals surface area contributed by atoms with Crippen LogP contribution in [0.4, 0.5) is 0 Å².